The van der Waals surface area contributed by atoms with E-state index in [-0.39, 0.29) is 116 Å². The Morgan fingerprint density at radius 3 is 0.952 bits per heavy atom. The van der Waals surface area contributed by atoms with E-state index >= 15 is 0 Å². The molecule has 0 heterocycles. The maximum absolute atomic E-state index is 11.5. The van der Waals surface area contributed by atoms with Crippen LogP contribution in [0.25, 0.3) is 0 Å². The lowest BCUT2D eigenvalue weighted by Gasteiger charge is -2.01. The minimum Gasteiger partial charge on any atom is -0.480 e. The van der Waals surface area contributed by atoms with Crippen molar-refractivity contribution in [2.45, 2.75) is 115 Å². The molecule has 6 nitrogen and oxygen atoms in total. The van der Waals surface area contributed by atoms with E-state index in [4.69, 9.17) is 19.7 Å². The summed E-state index contributed by atoms with van der Waals surface area (Å²) in [6.45, 7) is 0.607. The fourth-order valence-corrected chi connectivity index (χ4v) is 0.859. The first-order valence-electron chi connectivity index (χ1n) is 7.88. The molecule has 0 aromatic rings. The molecule has 0 saturated heterocycles. The number of carboxylic acids is 1. The van der Waals surface area contributed by atoms with Gasteiger partial charge in [-0.05, 0) is 12.8 Å². The fraction of sp³-hybridized carbons (Fsp3) is 0.962. The summed E-state index contributed by atoms with van der Waals surface area (Å²) in [6, 6.07) is 0. The van der Waals surface area contributed by atoms with Crippen LogP contribution in [-0.4, -0.2) is 88.6 Å². The molecule has 0 aromatic heterocycles. The topological polar surface area (TPSA) is 85.2 Å². The summed E-state index contributed by atoms with van der Waals surface area (Å²) in [6.07, 6.45) is -10.2. The molecule has 0 radical (unpaired) electrons. The van der Waals surface area contributed by atoms with E-state index in [2.05, 4.69) is 4.74 Å². The van der Waals surface area contributed by atoms with Gasteiger partial charge >= 0.3 is 18.8 Å². The van der Waals surface area contributed by atoms with Crippen LogP contribution in [0.1, 0.15) is 102 Å². The molecular weight excluding hydrogens is 598 g/mol. The second-order valence-electron chi connectivity index (χ2n) is 4.34. The van der Waals surface area contributed by atoms with Crippen LogP contribution >= 0.6 is 0 Å². The molecular formula is C26H72F10O6. The smallest absolute Gasteiger partial charge is 0.480 e. The van der Waals surface area contributed by atoms with Crippen LogP contribution in [0.2, 0.25) is 0 Å². The zero-order valence-corrected chi connectivity index (χ0v) is 15.6. The molecule has 0 unspecified atom stereocenters. The third-order valence-corrected chi connectivity index (χ3v) is 1.68. The summed E-state index contributed by atoms with van der Waals surface area (Å²) >= 11 is 0. The largest absolute Gasteiger partial charge is 0.559 e. The number of hydrogen-bond donors (Lipinski definition) is 2. The van der Waals surface area contributed by atoms with Crippen molar-refractivity contribution in [3.63, 3.8) is 0 Å². The molecule has 282 valence electrons. The summed E-state index contributed by atoms with van der Waals surface area (Å²) in [5.41, 5.74) is 0. The SMILES string of the molecule is C.C.C.C.C.C.C.C.C.C.C.C.FC(F)(F)F.FC(F)(F)F.O=C(O)COCCOCCCF.OCCOCCCF. The van der Waals surface area contributed by atoms with Crippen LogP contribution < -0.4 is 0 Å². The van der Waals surface area contributed by atoms with Gasteiger partial charge in [-0.1, -0.05) is 89.1 Å². The molecule has 42 heavy (non-hydrogen) atoms. The number of alkyl halides is 10. The van der Waals surface area contributed by atoms with Gasteiger partial charge < -0.3 is 24.4 Å². The maximum Gasteiger partial charge on any atom is 0.559 e. The van der Waals surface area contributed by atoms with Crippen LogP contribution in [0.5, 0.6) is 0 Å². The average molecular weight is 671 g/mol. The molecule has 2 N–H and O–H groups in total. The van der Waals surface area contributed by atoms with E-state index in [1.807, 2.05) is 0 Å². The zero-order chi connectivity index (χ0) is 24.5. The summed E-state index contributed by atoms with van der Waals surface area (Å²) in [5.74, 6) is -1.00. The lowest BCUT2D eigenvalue weighted by Crippen LogP contribution is -2.11. The van der Waals surface area contributed by atoms with Crippen molar-refractivity contribution in [3.8, 4) is 0 Å². The summed E-state index contributed by atoms with van der Waals surface area (Å²) in [4.78, 5) is 9.92. The predicted octanol–water partition coefficient (Wildman–Crippen LogP) is 11.4. The number of ether oxygens (including phenoxy) is 3. The molecule has 0 aliphatic carbocycles. The average Bonchev–Trinajstić information content (AvgIpc) is 2.55. The highest BCUT2D eigenvalue weighted by atomic mass is 19.5. The van der Waals surface area contributed by atoms with Crippen LogP contribution in [0.15, 0.2) is 0 Å². The molecule has 0 saturated carbocycles. The van der Waals surface area contributed by atoms with Crippen LogP contribution in [0, 0.1) is 0 Å². The molecule has 0 rings (SSSR count). The Labute approximate surface area is 254 Å². The van der Waals surface area contributed by atoms with Crippen molar-refractivity contribution in [2.24, 2.45) is 0 Å². The first-order chi connectivity index (χ1) is 13.7. The standard InChI is InChI=1S/C7H13FO4.C5H11FO2.2CF4.12CH4/c8-2-1-3-11-4-5-12-6-7(9)10;6-2-1-4-8-5-3-7;2*2-1(3,4)5;;;;;;;;;;;;/h1-6H2,(H,9,10);7H,1-5H2;;;12*1H4. The second-order valence-corrected chi connectivity index (χ2v) is 4.34. The van der Waals surface area contributed by atoms with Crippen LogP contribution in [0.4, 0.5) is 43.9 Å². The van der Waals surface area contributed by atoms with Gasteiger partial charge in [0.2, 0.25) is 0 Å². The number of aliphatic hydroxyl groups excluding tert-OH is 1. The normalized spacial score (nSPS) is 7.60. The molecule has 16 heteroatoms. The van der Waals surface area contributed by atoms with Gasteiger partial charge in [-0.15, -0.1) is 35.1 Å². The molecule has 0 aliphatic heterocycles. The Bertz CT molecular complexity index is 323. The summed E-state index contributed by atoms with van der Waals surface area (Å²) in [5, 5.41) is 16.3. The lowest BCUT2D eigenvalue weighted by molar-refractivity contribution is -0.238. The number of carboxylic acid groups (broad SMARTS) is 1. The third-order valence-electron chi connectivity index (χ3n) is 1.68. The second kappa shape index (κ2) is 77.5. The van der Waals surface area contributed by atoms with E-state index in [1.165, 1.54) is 0 Å². The highest BCUT2D eigenvalue weighted by Crippen LogP contribution is 2.14. The number of halogens is 10. The number of aliphatic hydroxyl groups is 1. The Hall–Kier alpha value is -1.39. The minimum absolute atomic E-state index is 0. The molecule has 0 fully saturated rings. The zero-order valence-electron chi connectivity index (χ0n) is 15.6. The Morgan fingerprint density at radius 2 is 0.738 bits per heavy atom. The lowest BCUT2D eigenvalue weighted by atomic mass is 10.5. The highest BCUT2D eigenvalue weighted by molar-refractivity contribution is 5.67. The maximum atomic E-state index is 11.5. The van der Waals surface area contributed by atoms with Crippen LogP contribution in [0.3, 0.4) is 0 Å². The minimum atomic E-state index is -5.50. The van der Waals surface area contributed by atoms with Gasteiger partial charge in [-0.3, -0.25) is 8.78 Å². The first kappa shape index (κ1) is 105. The van der Waals surface area contributed by atoms with E-state index in [0.717, 1.165) is 0 Å². The van der Waals surface area contributed by atoms with E-state index in [0.29, 0.717) is 39.3 Å². The molecule has 0 bridgehead atoms. The summed E-state index contributed by atoms with van der Waals surface area (Å²) < 4.78 is 115. The first-order valence-corrected chi connectivity index (χ1v) is 7.88. The molecule has 0 spiro atoms. The molecule has 0 aliphatic rings. The number of hydrogen-bond acceptors (Lipinski definition) is 5. The number of carbonyl (C=O) groups is 1. The van der Waals surface area contributed by atoms with Gasteiger partial charge in [0, 0.05) is 13.2 Å². The van der Waals surface area contributed by atoms with Gasteiger partial charge in [-0.25, -0.2) is 4.79 Å². The van der Waals surface area contributed by atoms with Gasteiger partial charge in [0.15, 0.2) is 0 Å². The molecule has 0 aromatic carbocycles. The number of aliphatic carboxylic acids is 1. The fourth-order valence-electron chi connectivity index (χ4n) is 0.859. The van der Waals surface area contributed by atoms with E-state index in [9.17, 15) is 48.7 Å². The van der Waals surface area contributed by atoms with Crippen molar-refractivity contribution in [1.29, 1.82) is 0 Å². The third kappa shape index (κ3) is 343. The number of rotatable bonds is 13. The van der Waals surface area contributed by atoms with Gasteiger partial charge in [0.25, 0.3) is 0 Å². The van der Waals surface area contributed by atoms with Gasteiger partial charge in [-0.2, -0.15) is 0 Å². The molecule has 0 amide bonds. The monoisotopic (exact) mass is 671 g/mol. The van der Waals surface area contributed by atoms with Gasteiger partial charge in [0.05, 0.1) is 39.8 Å². The Balaban J connectivity index is -0.0000000146. The predicted molar refractivity (Wildman–Crippen MR) is 163 cm³/mol. The van der Waals surface area contributed by atoms with Crippen molar-refractivity contribution < 1.29 is 73.1 Å². The van der Waals surface area contributed by atoms with Crippen LogP contribution in [-0.2, 0) is 19.0 Å². The van der Waals surface area contributed by atoms with E-state index < -0.39 is 25.5 Å². The Kier molecular flexibility index (Phi) is 194. The molecule has 0 atom stereocenters. The highest BCUT2D eigenvalue weighted by Gasteiger charge is 2.25. The van der Waals surface area contributed by atoms with Crippen molar-refractivity contribution >= 4 is 5.97 Å². The van der Waals surface area contributed by atoms with Crippen molar-refractivity contribution in [3.05, 3.63) is 0 Å². The van der Waals surface area contributed by atoms with Gasteiger partial charge in [0.1, 0.15) is 6.61 Å². The quantitative estimate of drug-likeness (QED) is 0.150. The van der Waals surface area contributed by atoms with E-state index in [1.54, 1.807) is 0 Å². The van der Waals surface area contributed by atoms with Crippen molar-refractivity contribution in [1.82, 2.24) is 0 Å². The summed E-state index contributed by atoms with van der Waals surface area (Å²) in [7, 11) is 0. The Morgan fingerprint density at radius 1 is 0.500 bits per heavy atom. The van der Waals surface area contributed by atoms with Crippen molar-refractivity contribution in [2.75, 3.05) is 59.6 Å².